The Balaban J connectivity index is 4.55. The van der Waals surface area contributed by atoms with Gasteiger partial charge in [-0.05, 0) is 12.3 Å². The predicted molar refractivity (Wildman–Crippen MR) is 67.7 cm³/mol. The highest BCUT2D eigenvalue weighted by Gasteiger charge is 2.30. The third-order valence-electron chi connectivity index (χ3n) is 2.73. The van der Waals surface area contributed by atoms with Gasteiger partial charge in [0.25, 0.3) is 0 Å². The van der Waals surface area contributed by atoms with Crippen molar-refractivity contribution in [1.82, 2.24) is 0 Å². The number of methoxy groups -OCH3 is 1. The van der Waals surface area contributed by atoms with Crippen molar-refractivity contribution in [2.75, 3.05) is 34.3 Å². The van der Waals surface area contributed by atoms with E-state index in [-0.39, 0.29) is 25.0 Å². The lowest BCUT2D eigenvalue weighted by atomic mass is 10.0. The van der Waals surface area contributed by atoms with Gasteiger partial charge in [-0.2, -0.15) is 0 Å². The molecule has 1 unspecified atom stereocenters. The molecule has 18 heavy (non-hydrogen) atoms. The highest BCUT2D eigenvalue weighted by molar-refractivity contribution is 7.53. The maximum atomic E-state index is 12.1. The molecule has 0 fully saturated rings. The fraction of sp³-hybridized carbons (Fsp3) is 0.909. The molecular formula is C11H23O6P. The lowest BCUT2D eigenvalue weighted by Gasteiger charge is -2.26. The van der Waals surface area contributed by atoms with Crippen LogP contribution in [0.5, 0.6) is 0 Å². The van der Waals surface area contributed by atoms with Crippen LogP contribution >= 0.6 is 7.60 Å². The fourth-order valence-electron chi connectivity index (χ4n) is 1.51. The van der Waals surface area contributed by atoms with Crippen LogP contribution in [-0.2, 0) is 27.9 Å². The Bertz CT molecular complexity index is 262. The van der Waals surface area contributed by atoms with Gasteiger partial charge >= 0.3 is 7.60 Å². The molecule has 0 aliphatic carbocycles. The van der Waals surface area contributed by atoms with Gasteiger partial charge < -0.3 is 23.3 Å². The van der Waals surface area contributed by atoms with E-state index in [2.05, 4.69) is 0 Å². The number of carbonyl (C=O) groups excluding carboxylic acids is 1. The van der Waals surface area contributed by atoms with E-state index in [1.165, 1.54) is 21.3 Å². The van der Waals surface area contributed by atoms with E-state index in [9.17, 15) is 9.36 Å². The summed E-state index contributed by atoms with van der Waals surface area (Å²) in [6.07, 6.45) is 1.76. The van der Waals surface area contributed by atoms with Gasteiger partial charge in [-0.3, -0.25) is 4.57 Å². The summed E-state index contributed by atoms with van der Waals surface area (Å²) in [6, 6.07) is 0. The zero-order valence-corrected chi connectivity index (χ0v) is 12.4. The fourth-order valence-corrected chi connectivity index (χ4v) is 2.87. The summed E-state index contributed by atoms with van der Waals surface area (Å²) >= 11 is 0. The maximum Gasteiger partial charge on any atom is 0.332 e. The molecule has 0 saturated heterocycles. The van der Waals surface area contributed by atoms with E-state index in [1.54, 1.807) is 0 Å². The van der Waals surface area contributed by atoms with Crippen molar-refractivity contribution in [1.29, 1.82) is 0 Å². The summed E-state index contributed by atoms with van der Waals surface area (Å²) < 4.78 is 32.2. The van der Waals surface area contributed by atoms with E-state index in [0.29, 0.717) is 12.8 Å². The van der Waals surface area contributed by atoms with Crippen LogP contribution in [0.3, 0.4) is 0 Å². The van der Waals surface area contributed by atoms with Gasteiger partial charge in [-0.1, -0.05) is 6.92 Å². The van der Waals surface area contributed by atoms with Crippen LogP contribution in [0.1, 0.15) is 19.8 Å². The summed E-state index contributed by atoms with van der Waals surface area (Å²) in [4.78, 5) is 10.4. The Morgan fingerprint density at radius 2 is 1.83 bits per heavy atom. The van der Waals surface area contributed by atoms with Crippen LogP contribution in [0, 0.1) is 5.92 Å². The second kappa shape index (κ2) is 9.64. The van der Waals surface area contributed by atoms with Gasteiger partial charge in [0.1, 0.15) is 13.1 Å². The van der Waals surface area contributed by atoms with Crippen LogP contribution < -0.4 is 0 Å². The standard InChI is InChI=1S/C11H23O6P/c1-10(6-5-7-12)11(17-9-14-2)8-18(13,15-3)16-4/h7,10-11H,5-6,8-9H2,1-4H3/t10-,11?/m0/s1. The third-order valence-corrected chi connectivity index (χ3v) is 4.65. The smallest absolute Gasteiger partial charge is 0.332 e. The van der Waals surface area contributed by atoms with Crippen LogP contribution in [-0.4, -0.2) is 46.7 Å². The first-order valence-corrected chi connectivity index (χ1v) is 7.50. The maximum absolute atomic E-state index is 12.1. The van der Waals surface area contributed by atoms with Crippen LogP contribution in [0.2, 0.25) is 0 Å². The Labute approximate surface area is 108 Å². The molecule has 108 valence electrons. The van der Waals surface area contributed by atoms with Crippen molar-refractivity contribution >= 4 is 13.9 Å². The van der Waals surface area contributed by atoms with Gasteiger partial charge in [0.2, 0.25) is 0 Å². The molecule has 0 spiro atoms. The van der Waals surface area contributed by atoms with Crippen molar-refractivity contribution in [2.45, 2.75) is 25.9 Å². The molecule has 0 radical (unpaired) electrons. The number of aldehydes is 1. The molecule has 7 heteroatoms. The molecule has 0 aromatic heterocycles. The SMILES string of the molecule is COCOC(CP(=O)(OC)OC)[C@@H](C)CCC=O. The van der Waals surface area contributed by atoms with Crippen molar-refractivity contribution in [3.63, 3.8) is 0 Å². The van der Waals surface area contributed by atoms with Crippen molar-refractivity contribution in [3.8, 4) is 0 Å². The van der Waals surface area contributed by atoms with E-state index < -0.39 is 7.60 Å². The van der Waals surface area contributed by atoms with E-state index >= 15 is 0 Å². The first kappa shape index (κ1) is 17.7. The van der Waals surface area contributed by atoms with E-state index in [0.717, 1.165) is 6.29 Å². The Morgan fingerprint density at radius 1 is 1.22 bits per heavy atom. The second-order valence-electron chi connectivity index (χ2n) is 3.99. The van der Waals surface area contributed by atoms with Gasteiger partial charge in [-0.25, -0.2) is 0 Å². The molecule has 0 amide bonds. The molecule has 0 saturated carbocycles. The zero-order chi connectivity index (χ0) is 14.0. The monoisotopic (exact) mass is 282 g/mol. The summed E-state index contributed by atoms with van der Waals surface area (Å²) in [7, 11) is 1.06. The van der Waals surface area contributed by atoms with Gasteiger partial charge in [0.05, 0.1) is 12.3 Å². The summed E-state index contributed by atoms with van der Waals surface area (Å²) in [5.74, 6) is 0.0592. The van der Waals surface area contributed by atoms with Crippen molar-refractivity contribution in [2.24, 2.45) is 5.92 Å². The largest absolute Gasteiger partial charge is 0.359 e. The molecular weight excluding hydrogens is 259 g/mol. The van der Waals surface area contributed by atoms with Gasteiger partial charge in [0, 0.05) is 27.8 Å². The first-order valence-electron chi connectivity index (χ1n) is 5.77. The number of hydrogen-bond donors (Lipinski definition) is 0. The molecule has 0 aliphatic heterocycles. The van der Waals surface area contributed by atoms with E-state index in [4.69, 9.17) is 18.5 Å². The van der Waals surface area contributed by atoms with Crippen molar-refractivity contribution in [3.05, 3.63) is 0 Å². The quantitative estimate of drug-likeness (QED) is 0.328. The average molecular weight is 282 g/mol. The topological polar surface area (TPSA) is 71.1 Å². The second-order valence-corrected chi connectivity index (χ2v) is 6.31. The van der Waals surface area contributed by atoms with Crippen LogP contribution in [0.4, 0.5) is 0 Å². The van der Waals surface area contributed by atoms with Crippen LogP contribution in [0.15, 0.2) is 0 Å². The number of hydrogen-bond acceptors (Lipinski definition) is 6. The highest BCUT2D eigenvalue weighted by atomic mass is 31.2. The summed E-state index contributed by atoms with van der Waals surface area (Å²) in [6.45, 7) is 2.03. The number of carbonyl (C=O) groups is 1. The Kier molecular flexibility index (Phi) is 9.50. The molecule has 2 atom stereocenters. The normalized spacial score (nSPS) is 15.3. The highest BCUT2D eigenvalue weighted by Crippen LogP contribution is 2.48. The van der Waals surface area contributed by atoms with Crippen LogP contribution in [0.25, 0.3) is 0 Å². The molecule has 0 bridgehead atoms. The third kappa shape index (κ3) is 6.61. The summed E-state index contributed by atoms with van der Waals surface area (Å²) in [5.41, 5.74) is 0. The summed E-state index contributed by atoms with van der Waals surface area (Å²) in [5, 5.41) is 0. The van der Waals surface area contributed by atoms with Gasteiger partial charge in [0.15, 0.2) is 0 Å². The van der Waals surface area contributed by atoms with Crippen molar-refractivity contribution < 1.29 is 27.9 Å². The molecule has 0 aromatic carbocycles. The minimum Gasteiger partial charge on any atom is -0.359 e. The van der Waals surface area contributed by atoms with E-state index in [1.807, 2.05) is 6.92 Å². The Morgan fingerprint density at radius 3 is 2.28 bits per heavy atom. The molecule has 0 heterocycles. The average Bonchev–Trinajstić information content (AvgIpc) is 2.40. The molecule has 0 rings (SSSR count). The first-order chi connectivity index (χ1) is 8.52. The van der Waals surface area contributed by atoms with Gasteiger partial charge in [-0.15, -0.1) is 0 Å². The lowest BCUT2D eigenvalue weighted by molar-refractivity contribution is -0.108. The lowest BCUT2D eigenvalue weighted by Crippen LogP contribution is -2.27. The Hall–Kier alpha value is -0.260. The predicted octanol–water partition coefficient (Wildman–Crippen LogP) is 2.08. The number of rotatable bonds is 11. The minimum atomic E-state index is -3.13. The molecule has 0 aromatic rings. The molecule has 0 N–H and O–H groups in total. The minimum absolute atomic E-state index is 0.0592. The molecule has 0 aliphatic rings. The number of ether oxygens (including phenoxy) is 2. The zero-order valence-electron chi connectivity index (χ0n) is 11.5. The molecule has 6 nitrogen and oxygen atoms in total.